The average molecular weight is 272 g/mol. The smallest absolute Gasteiger partial charge is 0.303 e. The van der Waals surface area contributed by atoms with Gasteiger partial charge in [0.2, 0.25) is 11.8 Å². The van der Waals surface area contributed by atoms with Crippen LogP contribution in [0.4, 0.5) is 0 Å². The van der Waals surface area contributed by atoms with Crippen LogP contribution in [0.15, 0.2) is 0 Å². The first kappa shape index (κ1) is 17.4. The van der Waals surface area contributed by atoms with Crippen molar-refractivity contribution in [3.8, 4) is 0 Å². The SMILES string of the molecule is CCNC(=O)CN(CC)C(=O)CC(C)(C)CC(=O)O. The molecule has 0 atom stereocenters. The molecule has 2 amide bonds. The molecule has 6 heteroatoms. The summed E-state index contributed by atoms with van der Waals surface area (Å²) in [5.74, 6) is -1.32. The Balaban J connectivity index is 4.51. The van der Waals surface area contributed by atoms with Crippen LogP contribution in [-0.2, 0) is 14.4 Å². The molecule has 0 saturated heterocycles. The first-order valence-corrected chi connectivity index (χ1v) is 6.48. The summed E-state index contributed by atoms with van der Waals surface area (Å²) in [7, 11) is 0. The lowest BCUT2D eigenvalue weighted by molar-refractivity contribution is -0.142. The summed E-state index contributed by atoms with van der Waals surface area (Å²) in [5, 5.41) is 11.4. The quantitative estimate of drug-likeness (QED) is 0.686. The number of amides is 2. The normalized spacial score (nSPS) is 10.9. The zero-order valence-corrected chi connectivity index (χ0v) is 12.2. The Hall–Kier alpha value is -1.59. The number of carboxylic acid groups (broad SMARTS) is 1. The van der Waals surface area contributed by atoms with Crippen molar-refractivity contribution in [2.24, 2.45) is 5.41 Å². The Morgan fingerprint density at radius 3 is 2.16 bits per heavy atom. The highest BCUT2D eigenvalue weighted by Gasteiger charge is 2.27. The van der Waals surface area contributed by atoms with Gasteiger partial charge in [-0.3, -0.25) is 14.4 Å². The molecular weight excluding hydrogens is 248 g/mol. The van der Waals surface area contributed by atoms with E-state index < -0.39 is 11.4 Å². The van der Waals surface area contributed by atoms with Gasteiger partial charge in [0.1, 0.15) is 0 Å². The molecular formula is C13H24N2O4. The maximum absolute atomic E-state index is 12.1. The van der Waals surface area contributed by atoms with E-state index in [1.165, 1.54) is 4.90 Å². The fourth-order valence-electron chi connectivity index (χ4n) is 1.80. The molecule has 110 valence electrons. The number of carbonyl (C=O) groups excluding carboxylic acids is 2. The van der Waals surface area contributed by atoms with Crippen LogP contribution in [0.3, 0.4) is 0 Å². The Morgan fingerprint density at radius 2 is 1.74 bits per heavy atom. The third-order valence-corrected chi connectivity index (χ3v) is 2.70. The van der Waals surface area contributed by atoms with E-state index in [2.05, 4.69) is 5.32 Å². The van der Waals surface area contributed by atoms with E-state index in [9.17, 15) is 14.4 Å². The van der Waals surface area contributed by atoms with Gasteiger partial charge in [0.05, 0.1) is 13.0 Å². The van der Waals surface area contributed by atoms with Crippen LogP contribution in [0, 0.1) is 5.41 Å². The molecule has 0 aliphatic carbocycles. The van der Waals surface area contributed by atoms with Gasteiger partial charge in [-0.05, 0) is 19.3 Å². The molecule has 0 fully saturated rings. The molecule has 0 aromatic rings. The summed E-state index contributed by atoms with van der Waals surface area (Å²) < 4.78 is 0. The standard InChI is InChI=1S/C13H24N2O4/c1-5-14-10(16)9-15(6-2)11(17)7-13(3,4)8-12(18)19/h5-9H2,1-4H3,(H,14,16)(H,18,19). The predicted octanol–water partition coefficient (Wildman–Crippen LogP) is 0.862. The maximum atomic E-state index is 12.1. The van der Waals surface area contributed by atoms with Crippen molar-refractivity contribution < 1.29 is 19.5 Å². The minimum Gasteiger partial charge on any atom is -0.481 e. The van der Waals surface area contributed by atoms with Gasteiger partial charge in [-0.1, -0.05) is 13.8 Å². The van der Waals surface area contributed by atoms with Gasteiger partial charge in [-0.2, -0.15) is 0 Å². The van der Waals surface area contributed by atoms with Crippen LogP contribution >= 0.6 is 0 Å². The van der Waals surface area contributed by atoms with Crippen molar-refractivity contribution in [3.63, 3.8) is 0 Å². The first-order valence-electron chi connectivity index (χ1n) is 6.48. The fraction of sp³-hybridized carbons (Fsp3) is 0.769. The molecule has 0 unspecified atom stereocenters. The number of aliphatic carboxylic acids is 1. The van der Waals surface area contributed by atoms with E-state index >= 15 is 0 Å². The fourth-order valence-corrected chi connectivity index (χ4v) is 1.80. The predicted molar refractivity (Wildman–Crippen MR) is 71.6 cm³/mol. The average Bonchev–Trinajstić information content (AvgIpc) is 2.23. The lowest BCUT2D eigenvalue weighted by Crippen LogP contribution is -2.42. The van der Waals surface area contributed by atoms with Gasteiger partial charge in [0.15, 0.2) is 0 Å². The molecule has 19 heavy (non-hydrogen) atoms. The number of nitrogens with one attached hydrogen (secondary N) is 1. The Kier molecular flexibility index (Phi) is 7.11. The second-order valence-electron chi connectivity index (χ2n) is 5.27. The molecule has 0 saturated carbocycles. The number of nitrogens with zero attached hydrogens (tertiary/aromatic N) is 1. The van der Waals surface area contributed by atoms with Crippen molar-refractivity contribution in [2.75, 3.05) is 19.6 Å². The van der Waals surface area contributed by atoms with E-state index in [4.69, 9.17) is 5.11 Å². The molecule has 0 aliphatic rings. The molecule has 0 aliphatic heterocycles. The van der Waals surface area contributed by atoms with Gasteiger partial charge in [-0.25, -0.2) is 0 Å². The number of carboxylic acids is 1. The van der Waals surface area contributed by atoms with E-state index in [0.717, 1.165) is 0 Å². The second kappa shape index (κ2) is 7.76. The molecule has 0 radical (unpaired) electrons. The third kappa shape index (κ3) is 7.43. The topological polar surface area (TPSA) is 86.7 Å². The third-order valence-electron chi connectivity index (χ3n) is 2.70. The summed E-state index contributed by atoms with van der Waals surface area (Å²) in [4.78, 5) is 35.7. The zero-order valence-electron chi connectivity index (χ0n) is 12.2. The van der Waals surface area contributed by atoms with Gasteiger partial charge in [0.25, 0.3) is 0 Å². The Bertz CT molecular complexity index is 340. The summed E-state index contributed by atoms with van der Waals surface area (Å²) in [6, 6.07) is 0. The van der Waals surface area contributed by atoms with Crippen LogP contribution in [-0.4, -0.2) is 47.4 Å². The van der Waals surface area contributed by atoms with Gasteiger partial charge < -0.3 is 15.3 Å². The highest BCUT2D eigenvalue weighted by molar-refractivity contribution is 5.85. The molecule has 0 rings (SSSR count). The summed E-state index contributed by atoms with van der Waals surface area (Å²) >= 11 is 0. The van der Waals surface area contributed by atoms with Gasteiger partial charge in [0, 0.05) is 19.5 Å². The van der Waals surface area contributed by atoms with Crippen molar-refractivity contribution in [3.05, 3.63) is 0 Å². The van der Waals surface area contributed by atoms with Crippen LogP contribution in [0.5, 0.6) is 0 Å². The summed E-state index contributed by atoms with van der Waals surface area (Å²) in [6.45, 7) is 8.05. The molecule has 2 N–H and O–H groups in total. The minimum atomic E-state index is -0.926. The largest absolute Gasteiger partial charge is 0.481 e. The summed E-state index contributed by atoms with van der Waals surface area (Å²) in [5.41, 5.74) is -0.614. The number of likely N-dealkylation sites (N-methyl/N-ethyl adjacent to an activating group) is 2. The van der Waals surface area contributed by atoms with E-state index in [1.54, 1.807) is 20.8 Å². The molecule has 0 aromatic heterocycles. The maximum Gasteiger partial charge on any atom is 0.303 e. The second-order valence-corrected chi connectivity index (χ2v) is 5.27. The highest BCUT2D eigenvalue weighted by atomic mass is 16.4. The minimum absolute atomic E-state index is 0.0202. The monoisotopic (exact) mass is 272 g/mol. The van der Waals surface area contributed by atoms with Crippen molar-refractivity contribution in [2.45, 2.75) is 40.5 Å². The summed E-state index contributed by atoms with van der Waals surface area (Å²) in [6.07, 6.45) is 0.0456. The first-order chi connectivity index (χ1) is 8.71. The van der Waals surface area contributed by atoms with Crippen LogP contribution in [0.2, 0.25) is 0 Å². The van der Waals surface area contributed by atoms with Gasteiger partial charge >= 0.3 is 5.97 Å². The Labute approximate surface area is 114 Å². The van der Waals surface area contributed by atoms with E-state index in [-0.39, 0.29) is 31.2 Å². The van der Waals surface area contributed by atoms with Crippen molar-refractivity contribution in [1.82, 2.24) is 10.2 Å². The Morgan fingerprint density at radius 1 is 1.16 bits per heavy atom. The lowest BCUT2D eigenvalue weighted by Gasteiger charge is -2.27. The molecule has 0 bridgehead atoms. The zero-order chi connectivity index (χ0) is 15.1. The molecule has 6 nitrogen and oxygen atoms in total. The van der Waals surface area contributed by atoms with Crippen LogP contribution < -0.4 is 5.32 Å². The number of rotatable bonds is 8. The van der Waals surface area contributed by atoms with Crippen LogP contribution in [0.1, 0.15) is 40.5 Å². The number of hydrogen-bond donors (Lipinski definition) is 2. The van der Waals surface area contributed by atoms with E-state index in [1.807, 2.05) is 6.92 Å². The number of hydrogen-bond acceptors (Lipinski definition) is 3. The van der Waals surface area contributed by atoms with Gasteiger partial charge in [-0.15, -0.1) is 0 Å². The van der Waals surface area contributed by atoms with Crippen LogP contribution in [0.25, 0.3) is 0 Å². The molecule has 0 heterocycles. The highest BCUT2D eigenvalue weighted by Crippen LogP contribution is 2.25. The van der Waals surface area contributed by atoms with Crippen molar-refractivity contribution >= 4 is 17.8 Å². The molecule has 0 spiro atoms. The molecule has 0 aromatic carbocycles. The lowest BCUT2D eigenvalue weighted by atomic mass is 9.85. The van der Waals surface area contributed by atoms with Crippen molar-refractivity contribution in [1.29, 1.82) is 0 Å². The number of carbonyl (C=O) groups is 3. The van der Waals surface area contributed by atoms with E-state index in [0.29, 0.717) is 13.1 Å².